The highest BCUT2D eigenvalue weighted by atomic mass is 19.1. The van der Waals surface area contributed by atoms with Crippen LogP contribution < -0.4 is 0 Å². The molecule has 3 heteroatoms. The fourth-order valence-corrected chi connectivity index (χ4v) is 1.66. The number of aromatic nitrogens is 2. The van der Waals surface area contributed by atoms with E-state index in [4.69, 9.17) is 0 Å². The number of nitrogens with zero attached hydrogens (tertiary/aromatic N) is 2. The minimum Gasteiger partial charge on any atom is -0.240 e. The lowest BCUT2D eigenvalue weighted by Gasteiger charge is -1.89. The van der Waals surface area contributed by atoms with Gasteiger partial charge in [0.15, 0.2) is 0 Å². The normalized spacial score (nSPS) is 11.2. The first-order valence-electron chi connectivity index (χ1n) is 4.37. The lowest BCUT2D eigenvalue weighted by molar-refractivity contribution is 0.629. The number of rotatable bonds is 0. The molecule has 0 bridgehead atoms. The Bertz CT molecular complexity index is 613. The molecule has 0 aliphatic carbocycles. The Morgan fingerprint density at radius 2 is 2.07 bits per heavy atom. The topological polar surface area (TPSA) is 17.3 Å². The van der Waals surface area contributed by atoms with Crippen molar-refractivity contribution >= 4 is 16.4 Å². The molecular formula is C11H7FN2. The van der Waals surface area contributed by atoms with Crippen molar-refractivity contribution in [3.63, 3.8) is 0 Å². The molecule has 0 saturated carbocycles. The van der Waals surface area contributed by atoms with Crippen molar-refractivity contribution in [3.8, 4) is 0 Å². The molecule has 3 aromatic rings. The quantitative estimate of drug-likeness (QED) is 0.527. The second-order valence-electron chi connectivity index (χ2n) is 3.19. The van der Waals surface area contributed by atoms with Gasteiger partial charge >= 0.3 is 0 Å². The second-order valence-corrected chi connectivity index (χ2v) is 3.19. The molecule has 0 fully saturated rings. The Morgan fingerprint density at radius 1 is 1.14 bits per heavy atom. The molecule has 3 rings (SSSR count). The first-order chi connectivity index (χ1) is 6.84. The van der Waals surface area contributed by atoms with Gasteiger partial charge in [0.25, 0.3) is 0 Å². The lowest BCUT2D eigenvalue weighted by Crippen LogP contribution is -1.82. The minimum absolute atomic E-state index is 0.249. The van der Waals surface area contributed by atoms with Crippen molar-refractivity contribution in [2.45, 2.75) is 0 Å². The zero-order valence-corrected chi connectivity index (χ0v) is 7.31. The van der Waals surface area contributed by atoms with Crippen LogP contribution >= 0.6 is 0 Å². The molecule has 0 aliphatic heterocycles. The molecule has 0 N–H and O–H groups in total. The van der Waals surface area contributed by atoms with Crippen LogP contribution in [0.15, 0.2) is 42.6 Å². The maximum atomic E-state index is 12.9. The Labute approximate surface area is 79.6 Å². The fraction of sp³-hybridized carbons (Fsp3) is 0. The van der Waals surface area contributed by atoms with Crippen molar-refractivity contribution in [2.75, 3.05) is 0 Å². The number of fused-ring (bicyclic) bond motifs is 3. The molecule has 68 valence electrons. The largest absolute Gasteiger partial charge is 0.240 e. The molecular weight excluding hydrogens is 179 g/mol. The maximum absolute atomic E-state index is 12.9. The lowest BCUT2D eigenvalue weighted by atomic mass is 10.2. The van der Waals surface area contributed by atoms with Gasteiger partial charge in [-0.1, -0.05) is 6.07 Å². The third kappa shape index (κ3) is 0.923. The van der Waals surface area contributed by atoms with Crippen molar-refractivity contribution in [2.24, 2.45) is 0 Å². The summed E-state index contributed by atoms with van der Waals surface area (Å²) < 4.78 is 14.7. The number of benzene rings is 1. The van der Waals surface area contributed by atoms with Gasteiger partial charge in [0.2, 0.25) is 0 Å². The van der Waals surface area contributed by atoms with Gasteiger partial charge in [-0.25, -0.2) is 8.91 Å². The molecule has 0 amide bonds. The predicted molar refractivity (Wildman–Crippen MR) is 52.7 cm³/mol. The Kier molecular flexibility index (Phi) is 1.36. The van der Waals surface area contributed by atoms with E-state index >= 15 is 0 Å². The van der Waals surface area contributed by atoms with Crippen LogP contribution in [0, 0.1) is 5.82 Å². The molecule has 0 unspecified atom stereocenters. The van der Waals surface area contributed by atoms with Crippen molar-refractivity contribution in [1.29, 1.82) is 0 Å². The summed E-state index contributed by atoms with van der Waals surface area (Å²) in [5.41, 5.74) is 1.69. The van der Waals surface area contributed by atoms with E-state index in [2.05, 4.69) is 5.10 Å². The van der Waals surface area contributed by atoms with Crippen molar-refractivity contribution in [3.05, 3.63) is 48.4 Å². The van der Waals surface area contributed by atoms with E-state index in [9.17, 15) is 4.39 Å². The average Bonchev–Trinajstić information content (AvgIpc) is 2.54. The molecule has 0 aliphatic rings. The molecule has 0 radical (unpaired) electrons. The van der Waals surface area contributed by atoms with E-state index in [1.165, 1.54) is 12.1 Å². The van der Waals surface area contributed by atoms with Crippen LogP contribution in [-0.4, -0.2) is 9.61 Å². The molecule has 2 heterocycles. The predicted octanol–water partition coefficient (Wildman–Crippen LogP) is 2.63. The number of hydrogen-bond acceptors (Lipinski definition) is 1. The van der Waals surface area contributed by atoms with Crippen molar-refractivity contribution < 1.29 is 4.39 Å². The smallest absolute Gasteiger partial charge is 0.125 e. The van der Waals surface area contributed by atoms with Gasteiger partial charge in [-0.2, -0.15) is 5.10 Å². The Balaban J connectivity index is 2.57. The van der Waals surface area contributed by atoms with E-state index in [-0.39, 0.29) is 5.82 Å². The summed E-state index contributed by atoms with van der Waals surface area (Å²) in [6.45, 7) is 0. The van der Waals surface area contributed by atoms with E-state index in [1.54, 1.807) is 10.6 Å². The average molecular weight is 186 g/mol. The van der Waals surface area contributed by atoms with Gasteiger partial charge in [0.1, 0.15) is 5.82 Å². The van der Waals surface area contributed by atoms with Gasteiger partial charge < -0.3 is 0 Å². The van der Waals surface area contributed by atoms with Gasteiger partial charge in [-0.05, 0) is 24.3 Å². The number of halogens is 1. The van der Waals surface area contributed by atoms with E-state index < -0.39 is 0 Å². The SMILES string of the molecule is Fc1ccc2c(c1)nn1ccccc21. The summed E-state index contributed by atoms with van der Waals surface area (Å²) in [5.74, 6) is -0.249. The third-order valence-corrected chi connectivity index (χ3v) is 2.29. The first kappa shape index (κ1) is 7.50. The molecule has 0 spiro atoms. The summed E-state index contributed by atoms with van der Waals surface area (Å²) >= 11 is 0. The minimum atomic E-state index is -0.249. The summed E-state index contributed by atoms with van der Waals surface area (Å²) in [6.07, 6.45) is 1.85. The molecule has 2 nitrogen and oxygen atoms in total. The van der Waals surface area contributed by atoms with Gasteiger partial charge in [0.05, 0.1) is 11.0 Å². The van der Waals surface area contributed by atoms with Crippen LogP contribution in [-0.2, 0) is 0 Å². The highest BCUT2D eigenvalue weighted by Gasteiger charge is 2.03. The molecule has 2 aromatic heterocycles. The molecule has 14 heavy (non-hydrogen) atoms. The monoisotopic (exact) mass is 186 g/mol. The van der Waals surface area contributed by atoms with E-state index in [1.807, 2.05) is 24.4 Å². The Hall–Kier alpha value is -1.90. The molecule has 0 saturated heterocycles. The van der Waals surface area contributed by atoms with E-state index in [0.29, 0.717) is 5.52 Å². The van der Waals surface area contributed by atoms with Crippen LogP contribution in [0.3, 0.4) is 0 Å². The zero-order valence-electron chi connectivity index (χ0n) is 7.31. The summed E-state index contributed by atoms with van der Waals surface area (Å²) in [6, 6.07) is 10.5. The van der Waals surface area contributed by atoms with Gasteiger partial charge in [-0.3, -0.25) is 0 Å². The Morgan fingerprint density at radius 3 is 3.00 bits per heavy atom. The van der Waals surface area contributed by atoms with Gasteiger partial charge in [0, 0.05) is 17.6 Å². The maximum Gasteiger partial charge on any atom is 0.125 e. The standard InChI is InChI=1S/C11H7FN2/c12-8-4-5-9-10(7-8)13-14-6-2-1-3-11(9)14/h1-7H. The van der Waals surface area contributed by atoms with Crippen LogP contribution in [0.1, 0.15) is 0 Å². The van der Waals surface area contributed by atoms with Crippen LogP contribution in [0.2, 0.25) is 0 Å². The van der Waals surface area contributed by atoms with E-state index in [0.717, 1.165) is 10.9 Å². The number of pyridine rings is 1. The first-order valence-corrected chi connectivity index (χ1v) is 4.37. The summed E-state index contributed by atoms with van der Waals surface area (Å²) in [4.78, 5) is 0. The van der Waals surface area contributed by atoms with Crippen LogP contribution in [0.4, 0.5) is 4.39 Å². The summed E-state index contributed by atoms with van der Waals surface area (Å²) in [7, 11) is 0. The third-order valence-electron chi connectivity index (χ3n) is 2.29. The molecule has 1 aromatic carbocycles. The summed E-state index contributed by atoms with van der Waals surface area (Å²) in [5, 5.41) is 5.23. The fourth-order valence-electron chi connectivity index (χ4n) is 1.66. The molecule has 0 atom stereocenters. The zero-order chi connectivity index (χ0) is 9.54. The highest BCUT2D eigenvalue weighted by Crippen LogP contribution is 2.19. The number of hydrogen-bond donors (Lipinski definition) is 0. The second kappa shape index (κ2) is 2.54. The van der Waals surface area contributed by atoms with Crippen LogP contribution in [0.5, 0.6) is 0 Å². The van der Waals surface area contributed by atoms with Gasteiger partial charge in [-0.15, -0.1) is 0 Å². The van der Waals surface area contributed by atoms with Crippen molar-refractivity contribution in [1.82, 2.24) is 9.61 Å². The van der Waals surface area contributed by atoms with Crippen LogP contribution in [0.25, 0.3) is 16.4 Å². The highest BCUT2D eigenvalue weighted by molar-refractivity contribution is 5.93.